The van der Waals surface area contributed by atoms with Crippen molar-refractivity contribution in [2.45, 2.75) is 26.0 Å². The van der Waals surface area contributed by atoms with Crippen LogP contribution in [0.2, 0.25) is 0 Å². The molecule has 1 rings (SSSR count). The minimum Gasteiger partial charge on any atom is -0.249 e. The van der Waals surface area contributed by atoms with E-state index in [4.69, 9.17) is 16.4 Å². The highest BCUT2D eigenvalue weighted by atomic mass is 79.9. The zero-order valence-electron chi connectivity index (χ0n) is 17.3. The van der Waals surface area contributed by atoms with Crippen LogP contribution in [0, 0.1) is 0 Å². The van der Waals surface area contributed by atoms with Gasteiger partial charge in [-0.25, -0.2) is 4.98 Å². The zero-order chi connectivity index (χ0) is 18.6. The van der Waals surface area contributed by atoms with Gasteiger partial charge in [-0.1, -0.05) is 20.6 Å². The minimum atomic E-state index is -3.59. The first-order chi connectivity index (χ1) is 10.00. The van der Waals surface area contributed by atoms with E-state index in [1.54, 1.807) is 0 Å². The summed E-state index contributed by atoms with van der Waals surface area (Å²) in [6.45, 7) is -10.8. The van der Waals surface area contributed by atoms with Gasteiger partial charge in [0, 0.05) is 18.5 Å². The van der Waals surface area contributed by atoms with E-state index in [2.05, 4.69) is 20.9 Å². The zero-order valence-corrected chi connectivity index (χ0v) is 6.91. The van der Waals surface area contributed by atoms with Gasteiger partial charge in [0.1, 0.15) is 4.60 Å². The second kappa shape index (κ2) is 2.94. The lowest BCUT2D eigenvalue weighted by Crippen LogP contribution is -2.10. The SMILES string of the molecule is [2H]c1nc(Br)c([2H])c(C(C([2H])([2H])[2H])(C([2H])([2H])[2H])C([2H])([2H])[2H])c1[2H]. The summed E-state index contributed by atoms with van der Waals surface area (Å²) in [4.78, 5) is 3.45. The van der Waals surface area contributed by atoms with Crippen molar-refractivity contribution in [3.63, 3.8) is 0 Å². The predicted octanol–water partition coefficient (Wildman–Crippen LogP) is 3.14. The van der Waals surface area contributed by atoms with Crippen molar-refractivity contribution in [2.75, 3.05) is 0 Å². The standard InChI is InChI=1S/C9H12BrN/c1-9(2,3)7-4-5-11-8(10)6-7/h4-6H,1-3H3/i1D3,2D3,3D3,4D,5D,6D. The molecule has 0 amide bonds. The van der Waals surface area contributed by atoms with Gasteiger partial charge in [-0.2, -0.15) is 0 Å². The smallest absolute Gasteiger partial charge is 0.106 e. The van der Waals surface area contributed by atoms with Crippen molar-refractivity contribution in [2.24, 2.45) is 0 Å². The number of aromatic nitrogens is 1. The molecule has 0 aliphatic carbocycles. The van der Waals surface area contributed by atoms with Crippen LogP contribution in [0.15, 0.2) is 22.9 Å². The molecule has 0 aliphatic heterocycles. The Morgan fingerprint density at radius 2 is 2.36 bits per heavy atom. The summed E-state index contributed by atoms with van der Waals surface area (Å²) in [5.41, 5.74) is -4.56. The highest BCUT2D eigenvalue weighted by Gasteiger charge is 2.13. The first-order valence-electron chi connectivity index (χ1n) is 8.64. The highest BCUT2D eigenvalue weighted by Crippen LogP contribution is 2.23. The average Bonchev–Trinajstić information content (AvgIpc) is 2.26. The first-order valence-corrected chi connectivity index (χ1v) is 3.43. The van der Waals surface area contributed by atoms with Gasteiger partial charge < -0.3 is 0 Å². The van der Waals surface area contributed by atoms with Crippen LogP contribution >= 0.6 is 15.9 Å². The topological polar surface area (TPSA) is 12.9 Å². The molecule has 2 heteroatoms. The van der Waals surface area contributed by atoms with Crippen LogP contribution in [0.1, 0.15) is 42.6 Å². The molecule has 11 heavy (non-hydrogen) atoms. The van der Waals surface area contributed by atoms with Crippen molar-refractivity contribution in [3.8, 4) is 0 Å². The molecule has 0 radical (unpaired) electrons. The van der Waals surface area contributed by atoms with Crippen LogP contribution in [0.5, 0.6) is 0 Å². The summed E-state index contributed by atoms with van der Waals surface area (Å²) in [6, 6.07) is -1.86. The molecule has 0 aliphatic rings. The van der Waals surface area contributed by atoms with Crippen LogP contribution in [-0.4, -0.2) is 4.98 Å². The maximum absolute atomic E-state index is 7.87. The average molecular weight is 226 g/mol. The normalized spacial score (nSPS) is 31.0. The Kier molecular flexibility index (Phi) is 0.514. The van der Waals surface area contributed by atoms with Crippen molar-refractivity contribution >= 4 is 15.9 Å². The fraction of sp³-hybridized carbons (Fsp3) is 0.444. The summed E-state index contributed by atoms with van der Waals surface area (Å²) >= 11 is 2.77. The van der Waals surface area contributed by atoms with Crippen LogP contribution < -0.4 is 0 Å². The monoisotopic (exact) mass is 225 g/mol. The maximum Gasteiger partial charge on any atom is 0.106 e. The summed E-state index contributed by atoms with van der Waals surface area (Å²) in [5, 5.41) is 0. The molecule has 0 saturated heterocycles. The molecule has 0 bridgehead atoms. The fourth-order valence-corrected chi connectivity index (χ4v) is 0.770. The van der Waals surface area contributed by atoms with Crippen LogP contribution in [0.3, 0.4) is 0 Å². The molecule has 1 aromatic heterocycles. The fourth-order valence-electron chi connectivity index (χ4n) is 0.483. The molecule has 0 aromatic carbocycles. The molecule has 1 heterocycles. The molecule has 0 spiro atoms. The molecule has 1 aromatic rings. The van der Waals surface area contributed by atoms with Gasteiger partial charge >= 0.3 is 0 Å². The summed E-state index contributed by atoms with van der Waals surface area (Å²) in [7, 11) is 0. The third-order valence-electron chi connectivity index (χ3n) is 0.938. The quantitative estimate of drug-likeness (QED) is 0.619. The molecule has 0 atom stereocenters. The number of nitrogens with zero attached hydrogens (tertiary/aromatic N) is 1. The van der Waals surface area contributed by atoms with Crippen LogP contribution in [0.4, 0.5) is 0 Å². The van der Waals surface area contributed by atoms with Gasteiger partial charge in [-0.15, -0.1) is 0 Å². The van der Waals surface area contributed by atoms with Crippen LogP contribution in [-0.2, 0) is 5.41 Å². The third-order valence-corrected chi connectivity index (χ3v) is 1.31. The Bertz CT molecular complexity index is 551. The molecule has 0 saturated carbocycles. The van der Waals surface area contributed by atoms with Gasteiger partial charge in [0.05, 0.1) is 4.11 Å². The van der Waals surface area contributed by atoms with Gasteiger partial charge in [0.2, 0.25) is 0 Å². The van der Waals surface area contributed by atoms with E-state index in [1.165, 1.54) is 0 Å². The lowest BCUT2D eigenvalue weighted by atomic mass is 9.88. The molecule has 0 N–H and O–H groups in total. The second-order valence-electron chi connectivity index (χ2n) is 1.89. The summed E-state index contributed by atoms with van der Waals surface area (Å²) < 4.78 is 90.9. The molecule has 60 valence electrons. The Hall–Kier alpha value is -0.370. The largest absolute Gasteiger partial charge is 0.249 e. The lowest BCUT2D eigenvalue weighted by molar-refractivity contribution is 0.588. The number of hydrogen-bond acceptors (Lipinski definition) is 1. The Labute approximate surface area is 92.8 Å². The summed E-state index contributed by atoms with van der Waals surface area (Å²) in [6.07, 6.45) is -0.829. The Balaban J connectivity index is 4.20. The van der Waals surface area contributed by atoms with E-state index in [9.17, 15) is 0 Å². The van der Waals surface area contributed by atoms with Crippen molar-refractivity contribution in [1.82, 2.24) is 4.98 Å². The van der Waals surface area contributed by atoms with E-state index in [1.807, 2.05) is 0 Å². The maximum atomic E-state index is 7.87. The molecular formula is C9H12BrN. The molecular weight excluding hydrogens is 202 g/mol. The van der Waals surface area contributed by atoms with Gasteiger partial charge in [-0.05, 0) is 39.0 Å². The van der Waals surface area contributed by atoms with Gasteiger partial charge in [-0.3, -0.25) is 0 Å². The van der Waals surface area contributed by atoms with E-state index < -0.39 is 54.4 Å². The van der Waals surface area contributed by atoms with Crippen molar-refractivity contribution < 1.29 is 16.4 Å². The van der Waals surface area contributed by atoms with Gasteiger partial charge in [0.25, 0.3) is 0 Å². The summed E-state index contributed by atoms with van der Waals surface area (Å²) in [5.74, 6) is 0. The number of halogens is 1. The highest BCUT2D eigenvalue weighted by molar-refractivity contribution is 9.10. The lowest BCUT2D eigenvalue weighted by Gasteiger charge is -2.18. The van der Waals surface area contributed by atoms with E-state index in [-0.39, 0.29) is 0 Å². The molecule has 0 fully saturated rings. The van der Waals surface area contributed by atoms with E-state index in [0.29, 0.717) is 0 Å². The van der Waals surface area contributed by atoms with E-state index in [0.717, 1.165) is 0 Å². The molecule has 1 nitrogen and oxygen atoms in total. The Morgan fingerprint density at radius 1 is 1.64 bits per heavy atom. The number of rotatable bonds is 0. The van der Waals surface area contributed by atoms with Crippen LogP contribution in [0.25, 0.3) is 0 Å². The van der Waals surface area contributed by atoms with Crippen molar-refractivity contribution in [3.05, 3.63) is 28.4 Å². The van der Waals surface area contributed by atoms with Gasteiger partial charge in [0.15, 0.2) is 0 Å². The number of hydrogen-bond donors (Lipinski definition) is 0. The third kappa shape index (κ3) is 2.29. The number of pyridine rings is 1. The second-order valence-corrected chi connectivity index (χ2v) is 2.64. The Morgan fingerprint density at radius 3 is 3.00 bits per heavy atom. The molecule has 0 unspecified atom stereocenters. The van der Waals surface area contributed by atoms with Crippen molar-refractivity contribution in [1.29, 1.82) is 0 Å². The minimum absolute atomic E-state index is 0.407. The van der Waals surface area contributed by atoms with E-state index >= 15 is 0 Å². The first kappa shape index (κ1) is 1.92. The predicted molar refractivity (Wildman–Crippen MR) is 50.6 cm³/mol.